The maximum atomic E-state index is 4.79. The van der Waals surface area contributed by atoms with E-state index in [4.69, 9.17) is 4.98 Å². The number of hydrogen-bond acceptors (Lipinski definition) is 3. The summed E-state index contributed by atoms with van der Waals surface area (Å²) in [6.07, 6.45) is 4.39. The second kappa shape index (κ2) is 12.0. The standard InChI is InChI=1S/C27H34N4.ClH/c1-3-30(4-2)19-11-10-17-28-20-25-27-24(16-18-29-25)23-14-8-9-15-26(23)31(27)21-22-12-6-5-7-13-22;/h5-9,12-16,18,28H,3-4,10-11,17,19-21H2,1-2H3;1H. The Bertz CT molecular complexity index is 1100. The van der Waals surface area contributed by atoms with E-state index in [-0.39, 0.29) is 12.4 Å². The lowest BCUT2D eigenvalue weighted by molar-refractivity contribution is 0.296. The molecule has 2 aromatic carbocycles. The number of benzene rings is 2. The Morgan fingerprint density at radius 3 is 2.41 bits per heavy atom. The fourth-order valence-corrected chi connectivity index (χ4v) is 4.46. The average Bonchev–Trinajstić information content (AvgIpc) is 3.14. The van der Waals surface area contributed by atoms with Gasteiger partial charge in [-0.05, 0) is 56.7 Å². The van der Waals surface area contributed by atoms with Crippen LogP contribution < -0.4 is 5.32 Å². The third-order valence-corrected chi connectivity index (χ3v) is 6.20. The maximum Gasteiger partial charge on any atom is 0.0784 e. The molecule has 0 spiro atoms. The first-order chi connectivity index (χ1) is 15.3. The molecule has 0 radical (unpaired) electrons. The van der Waals surface area contributed by atoms with Gasteiger partial charge in [-0.2, -0.15) is 0 Å². The van der Waals surface area contributed by atoms with Crippen LogP contribution in [0.5, 0.6) is 0 Å². The lowest BCUT2D eigenvalue weighted by atomic mass is 10.1. The highest BCUT2D eigenvalue weighted by Crippen LogP contribution is 2.31. The molecule has 0 fully saturated rings. The van der Waals surface area contributed by atoms with E-state index in [0.717, 1.165) is 38.4 Å². The summed E-state index contributed by atoms with van der Waals surface area (Å²) in [5.74, 6) is 0. The second-order valence-corrected chi connectivity index (χ2v) is 8.15. The number of nitrogens with zero attached hydrogens (tertiary/aromatic N) is 3. The van der Waals surface area contributed by atoms with Gasteiger partial charge < -0.3 is 14.8 Å². The largest absolute Gasteiger partial charge is 0.334 e. The molecule has 2 aromatic heterocycles. The Labute approximate surface area is 198 Å². The summed E-state index contributed by atoms with van der Waals surface area (Å²) in [5.41, 5.74) is 4.97. The molecule has 32 heavy (non-hydrogen) atoms. The number of unbranched alkanes of at least 4 members (excludes halogenated alkanes) is 1. The molecule has 0 aliphatic carbocycles. The minimum absolute atomic E-state index is 0. The van der Waals surface area contributed by atoms with Crippen LogP contribution in [0.1, 0.15) is 37.9 Å². The summed E-state index contributed by atoms with van der Waals surface area (Å²) in [7, 11) is 0. The molecule has 0 atom stereocenters. The lowest BCUT2D eigenvalue weighted by Crippen LogP contribution is -2.25. The summed E-state index contributed by atoms with van der Waals surface area (Å²) < 4.78 is 2.43. The van der Waals surface area contributed by atoms with E-state index in [1.54, 1.807) is 0 Å². The van der Waals surface area contributed by atoms with Crippen LogP contribution in [-0.4, -0.2) is 40.6 Å². The van der Waals surface area contributed by atoms with E-state index < -0.39 is 0 Å². The van der Waals surface area contributed by atoms with Crippen molar-refractivity contribution in [3.8, 4) is 0 Å². The van der Waals surface area contributed by atoms with Gasteiger partial charge in [-0.15, -0.1) is 12.4 Å². The van der Waals surface area contributed by atoms with Gasteiger partial charge in [-0.1, -0.05) is 62.4 Å². The fourth-order valence-electron chi connectivity index (χ4n) is 4.46. The molecule has 0 saturated heterocycles. The van der Waals surface area contributed by atoms with Crippen molar-refractivity contribution >= 4 is 34.2 Å². The zero-order chi connectivity index (χ0) is 21.5. The number of halogens is 1. The molecular formula is C27H35ClN4. The number of hydrogen-bond donors (Lipinski definition) is 1. The molecule has 0 unspecified atom stereocenters. The smallest absolute Gasteiger partial charge is 0.0784 e. The quantitative estimate of drug-likeness (QED) is 0.290. The predicted octanol–water partition coefficient (Wildman–Crippen LogP) is 5.87. The monoisotopic (exact) mass is 450 g/mol. The molecule has 4 aromatic rings. The van der Waals surface area contributed by atoms with Gasteiger partial charge in [0, 0.05) is 35.6 Å². The van der Waals surface area contributed by atoms with Crippen molar-refractivity contribution in [1.82, 2.24) is 19.8 Å². The average molecular weight is 451 g/mol. The number of nitrogens with one attached hydrogen (secondary N) is 1. The van der Waals surface area contributed by atoms with Crippen molar-refractivity contribution in [3.63, 3.8) is 0 Å². The summed E-state index contributed by atoms with van der Waals surface area (Å²) >= 11 is 0. The van der Waals surface area contributed by atoms with Crippen LogP contribution in [0.25, 0.3) is 21.8 Å². The third kappa shape index (κ3) is 5.50. The van der Waals surface area contributed by atoms with Crippen LogP contribution >= 0.6 is 12.4 Å². The molecule has 0 amide bonds. The number of fused-ring (bicyclic) bond motifs is 3. The van der Waals surface area contributed by atoms with Crippen LogP contribution in [-0.2, 0) is 13.1 Å². The summed E-state index contributed by atoms with van der Waals surface area (Å²) in [6.45, 7) is 10.6. The van der Waals surface area contributed by atoms with Gasteiger partial charge in [0.1, 0.15) is 0 Å². The first-order valence-corrected chi connectivity index (χ1v) is 11.6. The third-order valence-electron chi connectivity index (χ3n) is 6.20. The molecule has 170 valence electrons. The van der Waals surface area contributed by atoms with E-state index in [2.05, 4.69) is 89.3 Å². The van der Waals surface area contributed by atoms with Crippen LogP contribution in [0.4, 0.5) is 0 Å². The van der Waals surface area contributed by atoms with Crippen molar-refractivity contribution in [2.75, 3.05) is 26.2 Å². The Balaban J connectivity index is 0.00000289. The van der Waals surface area contributed by atoms with Crippen molar-refractivity contribution in [3.05, 3.63) is 78.1 Å². The van der Waals surface area contributed by atoms with Gasteiger partial charge in [-0.3, -0.25) is 4.98 Å². The molecule has 4 nitrogen and oxygen atoms in total. The summed E-state index contributed by atoms with van der Waals surface area (Å²) in [6, 6.07) is 21.6. The van der Waals surface area contributed by atoms with Gasteiger partial charge in [0.25, 0.3) is 0 Å². The zero-order valence-corrected chi connectivity index (χ0v) is 20.1. The maximum absolute atomic E-state index is 4.79. The first-order valence-electron chi connectivity index (χ1n) is 11.6. The van der Waals surface area contributed by atoms with Crippen LogP contribution in [0.3, 0.4) is 0 Å². The molecule has 0 saturated carbocycles. The van der Waals surface area contributed by atoms with Gasteiger partial charge in [-0.25, -0.2) is 0 Å². The van der Waals surface area contributed by atoms with E-state index in [1.807, 2.05) is 6.20 Å². The summed E-state index contributed by atoms with van der Waals surface area (Å²) in [4.78, 5) is 7.28. The predicted molar refractivity (Wildman–Crippen MR) is 139 cm³/mol. The minimum atomic E-state index is 0. The molecule has 0 aliphatic heterocycles. The van der Waals surface area contributed by atoms with Gasteiger partial charge in [0.15, 0.2) is 0 Å². The normalized spacial score (nSPS) is 11.3. The lowest BCUT2D eigenvalue weighted by Gasteiger charge is -2.17. The summed E-state index contributed by atoms with van der Waals surface area (Å²) in [5, 5.41) is 6.24. The Morgan fingerprint density at radius 1 is 0.875 bits per heavy atom. The SMILES string of the molecule is CCN(CC)CCCCNCc1nccc2c3ccccc3n(Cc3ccccc3)c12.Cl. The molecule has 5 heteroatoms. The Kier molecular flexibility index (Phi) is 9.10. The van der Waals surface area contributed by atoms with Crippen LogP contribution in [0, 0.1) is 0 Å². The van der Waals surface area contributed by atoms with E-state index in [0.29, 0.717) is 0 Å². The first kappa shape index (κ1) is 24.2. The number of rotatable bonds is 11. The molecule has 1 N–H and O–H groups in total. The van der Waals surface area contributed by atoms with Crippen molar-refractivity contribution in [2.24, 2.45) is 0 Å². The Hall–Kier alpha value is -2.40. The highest BCUT2D eigenvalue weighted by molar-refractivity contribution is 6.08. The minimum Gasteiger partial charge on any atom is -0.334 e. The van der Waals surface area contributed by atoms with Crippen molar-refractivity contribution < 1.29 is 0 Å². The zero-order valence-electron chi connectivity index (χ0n) is 19.3. The highest BCUT2D eigenvalue weighted by Gasteiger charge is 2.14. The van der Waals surface area contributed by atoms with Crippen molar-refractivity contribution in [1.29, 1.82) is 0 Å². The molecule has 0 bridgehead atoms. The van der Waals surface area contributed by atoms with E-state index >= 15 is 0 Å². The van der Waals surface area contributed by atoms with Crippen LogP contribution in [0.2, 0.25) is 0 Å². The fraction of sp³-hybridized carbons (Fsp3) is 0.370. The van der Waals surface area contributed by atoms with E-state index in [9.17, 15) is 0 Å². The number of para-hydroxylation sites is 1. The van der Waals surface area contributed by atoms with Gasteiger partial charge in [0.05, 0.1) is 11.2 Å². The van der Waals surface area contributed by atoms with E-state index in [1.165, 1.54) is 46.8 Å². The van der Waals surface area contributed by atoms with Crippen LogP contribution in [0.15, 0.2) is 66.9 Å². The number of aromatic nitrogens is 2. The van der Waals surface area contributed by atoms with Crippen molar-refractivity contribution in [2.45, 2.75) is 39.8 Å². The van der Waals surface area contributed by atoms with Gasteiger partial charge >= 0.3 is 0 Å². The number of pyridine rings is 1. The Morgan fingerprint density at radius 2 is 1.62 bits per heavy atom. The molecule has 4 rings (SSSR count). The van der Waals surface area contributed by atoms with Gasteiger partial charge in [0.2, 0.25) is 0 Å². The molecular weight excluding hydrogens is 416 g/mol. The second-order valence-electron chi connectivity index (χ2n) is 8.15. The molecule has 0 aliphatic rings. The molecule has 2 heterocycles. The topological polar surface area (TPSA) is 33.1 Å². The highest BCUT2D eigenvalue weighted by atomic mass is 35.5.